The van der Waals surface area contributed by atoms with Gasteiger partial charge in [-0.3, -0.25) is 4.79 Å². The van der Waals surface area contributed by atoms with Crippen LogP contribution in [-0.4, -0.2) is 53.4 Å². The topological polar surface area (TPSA) is 49.6 Å². The van der Waals surface area contributed by atoms with Crippen LogP contribution in [0.3, 0.4) is 0 Å². The molecule has 0 radical (unpaired) electrons. The van der Waals surface area contributed by atoms with Crippen LogP contribution in [-0.2, 0) is 4.79 Å². The fraction of sp³-hybridized carbons (Fsp3) is 0.846. The highest BCUT2D eigenvalue weighted by Gasteiger charge is 2.46. The summed E-state index contributed by atoms with van der Waals surface area (Å²) in [6.07, 6.45) is 3.79. The van der Waals surface area contributed by atoms with E-state index in [1.807, 2.05) is 4.90 Å². The van der Waals surface area contributed by atoms with Gasteiger partial charge < -0.3 is 15.5 Å². The molecule has 102 valence electrons. The molecule has 1 atom stereocenters. The second kappa shape index (κ2) is 5.13. The molecule has 2 N–H and O–H groups in total. The van der Waals surface area contributed by atoms with Crippen molar-refractivity contribution in [2.45, 2.75) is 38.6 Å². The van der Waals surface area contributed by atoms with Gasteiger partial charge in [0.15, 0.2) is 0 Å². The van der Waals surface area contributed by atoms with Crippen LogP contribution in [0.1, 0.15) is 32.6 Å². The summed E-state index contributed by atoms with van der Waals surface area (Å²) in [5.41, 5.74) is 5.34. The highest BCUT2D eigenvalue weighted by Crippen LogP contribution is 2.40. The van der Waals surface area contributed by atoms with Crippen LogP contribution >= 0.6 is 12.2 Å². The van der Waals surface area contributed by atoms with Gasteiger partial charge in [-0.2, -0.15) is 0 Å². The van der Waals surface area contributed by atoms with E-state index in [-0.39, 0.29) is 5.91 Å². The number of thiocarbonyl (C=S) groups is 1. The molecular weight excluding hydrogens is 246 g/mol. The maximum absolute atomic E-state index is 12.8. The quantitative estimate of drug-likeness (QED) is 0.760. The number of nitrogens with zero attached hydrogens (tertiary/aromatic N) is 2. The summed E-state index contributed by atoms with van der Waals surface area (Å²) in [6, 6.07) is 0.410. The van der Waals surface area contributed by atoms with Gasteiger partial charge in [0.25, 0.3) is 0 Å². The largest absolute Gasteiger partial charge is 0.392 e. The van der Waals surface area contributed by atoms with Gasteiger partial charge in [0, 0.05) is 25.7 Å². The van der Waals surface area contributed by atoms with Gasteiger partial charge in [-0.05, 0) is 26.8 Å². The van der Waals surface area contributed by atoms with Crippen molar-refractivity contribution in [3.8, 4) is 0 Å². The van der Waals surface area contributed by atoms with E-state index in [9.17, 15) is 4.79 Å². The molecule has 0 aromatic heterocycles. The average molecular weight is 269 g/mol. The standard InChI is InChI=1S/C13H23N3OS/c1-10-9-16(8-7-15(10)2)12(17)13(11(14)18)5-3-4-6-13/h10H,3-9H2,1-2H3,(H2,14,18). The van der Waals surface area contributed by atoms with Crippen molar-refractivity contribution in [2.24, 2.45) is 11.1 Å². The number of carbonyl (C=O) groups is 1. The van der Waals surface area contributed by atoms with Crippen molar-refractivity contribution in [1.29, 1.82) is 0 Å². The highest BCUT2D eigenvalue weighted by molar-refractivity contribution is 7.80. The minimum absolute atomic E-state index is 0.174. The molecule has 0 spiro atoms. The normalized spacial score (nSPS) is 28.3. The first-order valence-electron chi connectivity index (χ1n) is 6.77. The zero-order valence-electron chi connectivity index (χ0n) is 11.3. The first-order valence-corrected chi connectivity index (χ1v) is 7.18. The number of hydrogen-bond acceptors (Lipinski definition) is 3. The van der Waals surface area contributed by atoms with E-state index in [2.05, 4.69) is 18.9 Å². The van der Waals surface area contributed by atoms with Crippen LogP contribution in [0.5, 0.6) is 0 Å². The van der Waals surface area contributed by atoms with E-state index < -0.39 is 5.41 Å². The Kier molecular flexibility index (Phi) is 3.92. The summed E-state index contributed by atoms with van der Waals surface area (Å²) in [4.78, 5) is 17.4. The Hall–Kier alpha value is -0.680. The average Bonchev–Trinajstić information content (AvgIpc) is 2.82. The van der Waals surface area contributed by atoms with E-state index in [0.29, 0.717) is 11.0 Å². The molecule has 2 aliphatic rings. The van der Waals surface area contributed by atoms with Gasteiger partial charge in [0.05, 0.1) is 10.4 Å². The van der Waals surface area contributed by atoms with E-state index in [4.69, 9.17) is 18.0 Å². The summed E-state index contributed by atoms with van der Waals surface area (Å²) < 4.78 is 0. The molecule has 5 heteroatoms. The van der Waals surface area contributed by atoms with Crippen LogP contribution in [0, 0.1) is 5.41 Å². The Balaban J connectivity index is 2.12. The lowest BCUT2D eigenvalue weighted by atomic mass is 9.84. The van der Waals surface area contributed by atoms with Gasteiger partial charge in [-0.25, -0.2) is 0 Å². The number of likely N-dealkylation sites (N-methyl/N-ethyl adjacent to an activating group) is 1. The van der Waals surface area contributed by atoms with Crippen molar-refractivity contribution in [2.75, 3.05) is 26.7 Å². The molecule has 1 aliphatic heterocycles. The molecule has 1 saturated carbocycles. The second-order valence-electron chi connectivity index (χ2n) is 5.73. The monoisotopic (exact) mass is 269 g/mol. The van der Waals surface area contributed by atoms with E-state index in [0.717, 1.165) is 45.3 Å². The third-order valence-corrected chi connectivity index (χ3v) is 4.98. The lowest BCUT2D eigenvalue weighted by Crippen LogP contribution is -2.57. The second-order valence-corrected chi connectivity index (χ2v) is 6.17. The van der Waals surface area contributed by atoms with Crippen LogP contribution < -0.4 is 5.73 Å². The van der Waals surface area contributed by atoms with Crippen molar-refractivity contribution >= 4 is 23.1 Å². The Bertz CT molecular complexity index is 352. The van der Waals surface area contributed by atoms with E-state index >= 15 is 0 Å². The number of nitrogens with two attached hydrogens (primary N) is 1. The van der Waals surface area contributed by atoms with Gasteiger partial charge >= 0.3 is 0 Å². The maximum atomic E-state index is 12.8. The smallest absolute Gasteiger partial charge is 0.235 e. The molecule has 0 aromatic rings. The molecule has 1 unspecified atom stereocenters. The summed E-state index contributed by atoms with van der Waals surface area (Å²) in [5, 5.41) is 0. The highest BCUT2D eigenvalue weighted by atomic mass is 32.1. The zero-order chi connectivity index (χ0) is 13.3. The Labute approximate surface area is 114 Å². The predicted octanol–water partition coefficient (Wildman–Crippen LogP) is 0.995. The fourth-order valence-electron chi connectivity index (χ4n) is 3.08. The van der Waals surface area contributed by atoms with Gasteiger partial charge in [0.1, 0.15) is 0 Å². The van der Waals surface area contributed by atoms with E-state index in [1.165, 1.54) is 0 Å². The fourth-order valence-corrected chi connectivity index (χ4v) is 3.37. The summed E-state index contributed by atoms with van der Waals surface area (Å²) in [7, 11) is 2.10. The molecule has 18 heavy (non-hydrogen) atoms. The van der Waals surface area contributed by atoms with Crippen LogP contribution in [0.25, 0.3) is 0 Å². The number of hydrogen-bond donors (Lipinski definition) is 1. The lowest BCUT2D eigenvalue weighted by molar-refractivity contribution is -0.140. The van der Waals surface area contributed by atoms with Crippen LogP contribution in [0.2, 0.25) is 0 Å². The number of rotatable bonds is 2. The van der Waals surface area contributed by atoms with Gasteiger partial charge in [-0.1, -0.05) is 25.1 Å². The molecule has 1 amide bonds. The number of amides is 1. The van der Waals surface area contributed by atoms with E-state index in [1.54, 1.807) is 0 Å². The lowest BCUT2D eigenvalue weighted by Gasteiger charge is -2.41. The van der Waals surface area contributed by atoms with Gasteiger partial charge in [0.2, 0.25) is 5.91 Å². The number of carbonyl (C=O) groups excluding carboxylic acids is 1. The van der Waals surface area contributed by atoms with Crippen molar-refractivity contribution in [3.63, 3.8) is 0 Å². The Morgan fingerprint density at radius 3 is 2.44 bits per heavy atom. The molecule has 0 bridgehead atoms. The molecule has 1 aliphatic carbocycles. The molecular formula is C13H23N3OS. The molecule has 0 aromatic carbocycles. The van der Waals surface area contributed by atoms with Gasteiger partial charge in [-0.15, -0.1) is 0 Å². The number of piperazine rings is 1. The minimum Gasteiger partial charge on any atom is -0.392 e. The molecule has 2 fully saturated rings. The Morgan fingerprint density at radius 2 is 1.94 bits per heavy atom. The summed E-state index contributed by atoms with van der Waals surface area (Å²) in [5.74, 6) is 0.174. The molecule has 4 nitrogen and oxygen atoms in total. The third kappa shape index (κ3) is 2.26. The maximum Gasteiger partial charge on any atom is 0.235 e. The third-order valence-electron chi connectivity index (χ3n) is 4.59. The van der Waals surface area contributed by atoms with Crippen LogP contribution in [0.15, 0.2) is 0 Å². The first-order chi connectivity index (χ1) is 8.47. The molecule has 1 saturated heterocycles. The predicted molar refractivity (Wildman–Crippen MR) is 76.4 cm³/mol. The van der Waals surface area contributed by atoms with Crippen molar-refractivity contribution < 1.29 is 4.79 Å². The van der Waals surface area contributed by atoms with Crippen molar-refractivity contribution in [3.05, 3.63) is 0 Å². The minimum atomic E-state index is -0.537. The molecule has 2 rings (SSSR count). The first kappa shape index (κ1) is 13.7. The summed E-state index contributed by atoms with van der Waals surface area (Å²) >= 11 is 5.19. The van der Waals surface area contributed by atoms with Crippen molar-refractivity contribution in [1.82, 2.24) is 9.80 Å². The Morgan fingerprint density at radius 1 is 1.33 bits per heavy atom. The summed E-state index contributed by atoms with van der Waals surface area (Å²) in [6.45, 7) is 4.67. The zero-order valence-corrected chi connectivity index (χ0v) is 12.1. The van der Waals surface area contributed by atoms with Crippen LogP contribution in [0.4, 0.5) is 0 Å². The molecule has 1 heterocycles. The SMILES string of the molecule is CC1CN(C(=O)C2(C(N)=S)CCCC2)CCN1C.